The maximum Gasteiger partial charge on any atom is 0.339 e. The maximum absolute atomic E-state index is 12.8. The highest BCUT2D eigenvalue weighted by Crippen LogP contribution is 2.32. The summed E-state index contributed by atoms with van der Waals surface area (Å²) in [5.74, 6) is -0.0843. The lowest BCUT2D eigenvalue weighted by Crippen LogP contribution is -2.15. The summed E-state index contributed by atoms with van der Waals surface area (Å²) in [5, 5.41) is 12.2. The number of nitrogens with one attached hydrogen (secondary N) is 1. The van der Waals surface area contributed by atoms with Crippen molar-refractivity contribution in [3.8, 4) is 11.8 Å². The van der Waals surface area contributed by atoms with E-state index in [9.17, 15) is 9.59 Å². The highest BCUT2D eigenvalue weighted by atomic mass is 35.5. The van der Waals surface area contributed by atoms with E-state index in [1.807, 2.05) is 6.07 Å². The summed E-state index contributed by atoms with van der Waals surface area (Å²) in [6, 6.07) is 19.1. The molecule has 172 valence electrons. The molecule has 9 heteroatoms. The molecule has 34 heavy (non-hydrogen) atoms. The molecule has 0 spiro atoms. The van der Waals surface area contributed by atoms with Gasteiger partial charge in [-0.05, 0) is 42.5 Å². The summed E-state index contributed by atoms with van der Waals surface area (Å²) in [6.45, 7) is 0.480. The van der Waals surface area contributed by atoms with Crippen molar-refractivity contribution < 1.29 is 23.8 Å². The molecule has 1 amide bonds. The van der Waals surface area contributed by atoms with Crippen LogP contribution in [-0.2, 0) is 27.5 Å². The van der Waals surface area contributed by atoms with Gasteiger partial charge in [0.25, 0.3) is 0 Å². The van der Waals surface area contributed by atoms with Crippen LogP contribution < -0.4 is 10.1 Å². The summed E-state index contributed by atoms with van der Waals surface area (Å²) >= 11 is 7.40. The number of esters is 1. The van der Waals surface area contributed by atoms with Crippen molar-refractivity contribution in [3.63, 3.8) is 0 Å². The van der Waals surface area contributed by atoms with Crippen LogP contribution in [0.2, 0.25) is 5.02 Å². The number of carbonyl (C=O) groups is 2. The Morgan fingerprint density at radius 1 is 1.15 bits per heavy atom. The first-order chi connectivity index (χ1) is 16.5. The fourth-order valence-corrected chi connectivity index (χ4v) is 4.46. The molecule has 0 aromatic heterocycles. The normalized spacial score (nSPS) is 12.1. The first kappa shape index (κ1) is 23.6. The Kier molecular flexibility index (Phi) is 7.70. The Hall–Kier alpha value is -3.51. The number of carbonyl (C=O) groups excluding carboxylic acids is 2. The highest BCUT2D eigenvalue weighted by Gasteiger charge is 2.19. The number of nitrogens with zero attached hydrogens (tertiary/aromatic N) is 1. The van der Waals surface area contributed by atoms with E-state index in [4.69, 9.17) is 31.1 Å². The Balaban J connectivity index is 1.39. The summed E-state index contributed by atoms with van der Waals surface area (Å²) in [6.07, 6.45) is 0. The molecule has 0 unspecified atom stereocenters. The van der Waals surface area contributed by atoms with E-state index < -0.39 is 5.97 Å². The van der Waals surface area contributed by atoms with Crippen LogP contribution in [0, 0.1) is 11.3 Å². The maximum atomic E-state index is 12.8. The van der Waals surface area contributed by atoms with Gasteiger partial charge >= 0.3 is 5.97 Å². The molecule has 0 bridgehead atoms. The first-order valence-corrected chi connectivity index (χ1v) is 11.6. The largest absolute Gasteiger partial charge is 0.467 e. The lowest BCUT2D eigenvalue weighted by atomic mass is 10.1. The molecular formula is C25H19ClN2O5S. The number of hydrogen-bond donors (Lipinski definition) is 1. The first-order valence-electron chi connectivity index (χ1n) is 10.2. The number of ether oxygens (including phenoxy) is 3. The van der Waals surface area contributed by atoms with Gasteiger partial charge in [0.05, 0.1) is 29.6 Å². The quantitative estimate of drug-likeness (QED) is 0.357. The van der Waals surface area contributed by atoms with Crippen molar-refractivity contribution in [1.82, 2.24) is 0 Å². The average Bonchev–Trinajstić information content (AvgIpc) is 2.86. The van der Waals surface area contributed by atoms with Gasteiger partial charge in [0, 0.05) is 26.7 Å². The predicted octanol–water partition coefficient (Wildman–Crippen LogP) is 5.17. The molecule has 3 aromatic rings. The zero-order valence-corrected chi connectivity index (χ0v) is 19.4. The fourth-order valence-electron chi connectivity index (χ4n) is 3.35. The molecule has 1 aliphatic heterocycles. The molecular weight excluding hydrogens is 476 g/mol. The van der Waals surface area contributed by atoms with Gasteiger partial charge in [-0.2, -0.15) is 5.26 Å². The summed E-state index contributed by atoms with van der Waals surface area (Å²) in [5.41, 5.74) is 2.80. The van der Waals surface area contributed by atoms with E-state index in [2.05, 4.69) is 5.32 Å². The van der Waals surface area contributed by atoms with Gasteiger partial charge < -0.3 is 19.5 Å². The lowest BCUT2D eigenvalue weighted by molar-refractivity contribution is -0.113. The van der Waals surface area contributed by atoms with E-state index in [-0.39, 0.29) is 25.1 Å². The van der Waals surface area contributed by atoms with E-state index in [0.29, 0.717) is 44.7 Å². The molecule has 1 aliphatic rings. The molecule has 0 saturated carbocycles. The second-order valence-corrected chi connectivity index (χ2v) is 8.72. The minimum Gasteiger partial charge on any atom is -0.467 e. The monoisotopic (exact) mass is 494 g/mol. The number of halogens is 1. The van der Waals surface area contributed by atoms with Gasteiger partial charge in [0.15, 0.2) is 6.79 Å². The van der Waals surface area contributed by atoms with Gasteiger partial charge in [-0.1, -0.05) is 29.8 Å². The van der Waals surface area contributed by atoms with Gasteiger partial charge in [-0.25, -0.2) is 4.79 Å². The van der Waals surface area contributed by atoms with Crippen molar-refractivity contribution in [2.24, 2.45) is 0 Å². The number of amides is 1. The number of benzene rings is 3. The Morgan fingerprint density at radius 3 is 2.85 bits per heavy atom. The molecule has 1 heterocycles. The average molecular weight is 495 g/mol. The molecule has 0 saturated heterocycles. The lowest BCUT2D eigenvalue weighted by Gasteiger charge is -2.21. The van der Waals surface area contributed by atoms with Crippen molar-refractivity contribution in [3.05, 3.63) is 87.9 Å². The highest BCUT2D eigenvalue weighted by molar-refractivity contribution is 8.00. The SMILES string of the molecule is N#Cc1cccc(NC(=O)CSc2ccccc2C(=O)OCc2cc(Cl)cc3c2OCOC3)c1. The van der Waals surface area contributed by atoms with Crippen LogP contribution >= 0.6 is 23.4 Å². The minimum absolute atomic E-state index is 0.0174. The number of anilines is 1. The fraction of sp³-hybridized carbons (Fsp3) is 0.160. The molecule has 0 aliphatic carbocycles. The molecule has 7 nitrogen and oxygen atoms in total. The standard InChI is InChI=1S/C25H19ClN2O5S/c26-19-9-17-12-31-15-33-24(17)18(10-19)13-32-25(30)21-6-1-2-7-22(21)34-14-23(29)28-20-5-3-4-16(8-20)11-27/h1-10H,12-15H2,(H,28,29). The van der Waals surface area contributed by atoms with Crippen molar-refractivity contribution in [1.29, 1.82) is 5.26 Å². The van der Waals surface area contributed by atoms with E-state index in [1.165, 1.54) is 11.8 Å². The third-order valence-corrected chi connectivity index (χ3v) is 6.14. The van der Waals surface area contributed by atoms with Crippen LogP contribution in [0.1, 0.15) is 27.0 Å². The number of nitriles is 1. The topological polar surface area (TPSA) is 97.7 Å². The van der Waals surface area contributed by atoms with E-state index in [0.717, 1.165) is 5.56 Å². The second kappa shape index (κ2) is 11.1. The van der Waals surface area contributed by atoms with Crippen molar-refractivity contribution >= 4 is 40.9 Å². The summed E-state index contributed by atoms with van der Waals surface area (Å²) < 4.78 is 16.4. The third kappa shape index (κ3) is 5.88. The molecule has 4 rings (SSSR count). The Labute approximate surface area is 205 Å². The van der Waals surface area contributed by atoms with Gasteiger partial charge in [0.1, 0.15) is 12.4 Å². The molecule has 0 radical (unpaired) electrons. The Bertz CT molecular complexity index is 1270. The smallest absolute Gasteiger partial charge is 0.339 e. The van der Waals surface area contributed by atoms with Crippen LogP contribution in [0.5, 0.6) is 5.75 Å². The summed E-state index contributed by atoms with van der Waals surface area (Å²) in [4.78, 5) is 25.8. The molecule has 0 atom stereocenters. The number of hydrogen-bond acceptors (Lipinski definition) is 7. The number of rotatable bonds is 7. The van der Waals surface area contributed by atoms with Crippen LogP contribution in [0.15, 0.2) is 65.6 Å². The van der Waals surface area contributed by atoms with Gasteiger partial charge in [0.2, 0.25) is 5.91 Å². The van der Waals surface area contributed by atoms with E-state index >= 15 is 0 Å². The van der Waals surface area contributed by atoms with Crippen LogP contribution in [0.3, 0.4) is 0 Å². The van der Waals surface area contributed by atoms with E-state index in [1.54, 1.807) is 60.7 Å². The van der Waals surface area contributed by atoms with Crippen LogP contribution in [0.4, 0.5) is 5.69 Å². The molecule has 0 fully saturated rings. The van der Waals surface area contributed by atoms with Crippen LogP contribution in [0.25, 0.3) is 0 Å². The number of fused-ring (bicyclic) bond motifs is 1. The van der Waals surface area contributed by atoms with Crippen LogP contribution in [-0.4, -0.2) is 24.4 Å². The zero-order chi connectivity index (χ0) is 23.9. The Morgan fingerprint density at radius 2 is 2.00 bits per heavy atom. The summed E-state index contributed by atoms with van der Waals surface area (Å²) in [7, 11) is 0. The second-order valence-electron chi connectivity index (χ2n) is 7.27. The molecule has 1 N–H and O–H groups in total. The van der Waals surface area contributed by atoms with Gasteiger partial charge in [-0.3, -0.25) is 4.79 Å². The number of thioether (sulfide) groups is 1. The predicted molar refractivity (Wildman–Crippen MR) is 128 cm³/mol. The van der Waals surface area contributed by atoms with Gasteiger partial charge in [-0.15, -0.1) is 11.8 Å². The van der Waals surface area contributed by atoms with Crippen molar-refractivity contribution in [2.75, 3.05) is 17.9 Å². The third-order valence-electron chi connectivity index (χ3n) is 4.85. The molecule has 3 aromatic carbocycles. The minimum atomic E-state index is -0.522. The van der Waals surface area contributed by atoms with Crippen molar-refractivity contribution in [2.45, 2.75) is 18.1 Å². The zero-order valence-electron chi connectivity index (χ0n) is 17.9.